The van der Waals surface area contributed by atoms with Crippen LogP contribution in [0.3, 0.4) is 0 Å². The molecule has 0 spiro atoms. The molecule has 0 bridgehead atoms. The van der Waals surface area contributed by atoms with Gasteiger partial charge in [-0.15, -0.1) is 0 Å². The van der Waals surface area contributed by atoms with Crippen molar-refractivity contribution >= 4 is 10.9 Å². The van der Waals surface area contributed by atoms with Crippen LogP contribution < -0.4 is 10.5 Å². The number of fused-ring (bicyclic) bond motifs is 1. The van der Waals surface area contributed by atoms with Gasteiger partial charge in [-0.2, -0.15) is 0 Å². The smallest absolute Gasteiger partial charge is 0.130 e. The highest BCUT2D eigenvalue weighted by Crippen LogP contribution is 2.37. The molecule has 0 aliphatic heterocycles. The van der Waals surface area contributed by atoms with Crippen LogP contribution in [-0.4, -0.2) is 11.1 Å². The zero-order chi connectivity index (χ0) is 14.9. The molecule has 2 N–H and O–H groups in total. The fourth-order valence-electron chi connectivity index (χ4n) is 3.07. The van der Waals surface area contributed by atoms with Crippen LogP contribution in [0.4, 0.5) is 0 Å². The molecule has 112 valence electrons. The molecule has 1 heterocycles. The number of aromatic nitrogens is 1. The molecule has 1 aliphatic carbocycles. The van der Waals surface area contributed by atoms with Gasteiger partial charge in [-0.05, 0) is 43.2 Å². The first-order valence-corrected chi connectivity index (χ1v) is 7.83. The standard InChI is InChI=1S/C18H24N2O/c1-18(2)9-7-14(8-10-18)21-17-11-13(12-19)20-16-6-4-3-5-15(16)17/h3-6,11,14H,7-10,12,19H2,1-2H3. The lowest BCUT2D eigenvalue weighted by molar-refractivity contribution is 0.0999. The van der Waals surface area contributed by atoms with Crippen LogP contribution >= 0.6 is 0 Å². The summed E-state index contributed by atoms with van der Waals surface area (Å²) < 4.78 is 6.31. The van der Waals surface area contributed by atoms with Crippen molar-refractivity contribution < 1.29 is 4.74 Å². The minimum atomic E-state index is 0.314. The monoisotopic (exact) mass is 284 g/mol. The minimum Gasteiger partial charge on any atom is -0.490 e. The van der Waals surface area contributed by atoms with E-state index in [-0.39, 0.29) is 0 Å². The van der Waals surface area contributed by atoms with Gasteiger partial charge in [0.2, 0.25) is 0 Å². The highest BCUT2D eigenvalue weighted by atomic mass is 16.5. The predicted molar refractivity (Wildman–Crippen MR) is 86.3 cm³/mol. The average Bonchev–Trinajstić information content (AvgIpc) is 2.49. The lowest BCUT2D eigenvalue weighted by Gasteiger charge is -2.34. The second-order valence-electron chi connectivity index (χ2n) is 6.81. The van der Waals surface area contributed by atoms with E-state index in [1.807, 2.05) is 24.3 Å². The van der Waals surface area contributed by atoms with Crippen LogP contribution in [0.2, 0.25) is 0 Å². The Morgan fingerprint density at radius 1 is 1.24 bits per heavy atom. The molecule has 0 atom stereocenters. The Balaban J connectivity index is 1.86. The van der Waals surface area contributed by atoms with Crippen molar-refractivity contribution in [2.75, 3.05) is 0 Å². The van der Waals surface area contributed by atoms with Gasteiger partial charge in [0, 0.05) is 18.0 Å². The van der Waals surface area contributed by atoms with E-state index < -0.39 is 0 Å². The first kappa shape index (κ1) is 14.3. The van der Waals surface area contributed by atoms with Gasteiger partial charge in [-0.1, -0.05) is 26.0 Å². The second kappa shape index (κ2) is 5.64. The number of hydrogen-bond donors (Lipinski definition) is 1. The third kappa shape index (κ3) is 3.18. The van der Waals surface area contributed by atoms with E-state index in [4.69, 9.17) is 10.5 Å². The Hall–Kier alpha value is -1.61. The zero-order valence-corrected chi connectivity index (χ0v) is 12.9. The van der Waals surface area contributed by atoms with Crippen molar-refractivity contribution in [2.45, 2.75) is 52.2 Å². The lowest BCUT2D eigenvalue weighted by Crippen LogP contribution is -2.28. The second-order valence-corrected chi connectivity index (χ2v) is 6.81. The highest BCUT2D eigenvalue weighted by Gasteiger charge is 2.28. The maximum atomic E-state index is 6.31. The maximum Gasteiger partial charge on any atom is 0.130 e. The van der Waals surface area contributed by atoms with E-state index in [9.17, 15) is 0 Å². The van der Waals surface area contributed by atoms with Crippen molar-refractivity contribution in [1.82, 2.24) is 4.98 Å². The van der Waals surface area contributed by atoms with E-state index in [1.165, 1.54) is 12.8 Å². The molecule has 1 saturated carbocycles. The molecule has 0 radical (unpaired) electrons. The van der Waals surface area contributed by atoms with E-state index in [2.05, 4.69) is 24.9 Å². The highest BCUT2D eigenvalue weighted by molar-refractivity contribution is 5.85. The first-order valence-electron chi connectivity index (χ1n) is 7.83. The third-order valence-electron chi connectivity index (χ3n) is 4.52. The fraction of sp³-hybridized carbons (Fsp3) is 0.500. The average molecular weight is 284 g/mol. The van der Waals surface area contributed by atoms with E-state index in [0.717, 1.165) is 35.2 Å². The van der Waals surface area contributed by atoms with Crippen LogP contribution in [0.5, 0.6) is 5.75 Å². The normalized spacial score (nSPS) is 18.8. The molecule has 0 amide bonds. The third-order valence-corrected chi connectivity index (χ3v) is 4.52. The zero-order valence-electron chi connectivity index (χ0n) is 12.9. The summed E-state index contributed by atoms with van der Waals surface area (Å²) >= 11 is 0. The molecular formula is C18H24N2O. The largest absolute Gasteiger partial charge is 0.490 e. The van der Waals surface area contributed by atoms with Crippen LogP contribution in [0.25, 0.3) is 10.9 Å². The van der Waals surface area contributed by atoms with E-state index in [0.29, 0.717) is 18.1 Å². The molecule has 1 aromatic carbocycles. The van der Waals surface area contributed by atoms with Gasteiger partial charge in [0.1, 0.15) is 5.75 Å². The molecule has 1 aromatic heterocycles. The number of hydrogen-bond acceptors (Lipinski definition) is 3. The van der Waals surface area contributed by atoms with Crippen molar-refractivity contribution in [2.24, 2.45) is 11.1 Å². The van der Waals surface area contributed by atoms with Gasteiger partial charge in [-0.3, -0.25) is 4.98 Å². The Labute approximate surface area is 126 Å². The quantitative estimate of drug-likeness (QED) is 0.925. The number of pyridine rings is 1. The molecule has 21 heavy (non-hydrogen) atoms. The Bertz CT molecular complexity index is 626. The summed E-state index contributed by atoms with van der Waals surface area (Å²) in [6, 6.07) is 10.1. The number of benzene rings is 1. The first-order chi connectivity index (χ1) is 10.1. The van der Waals surface area contributed by atoms with Crippen molar-refractivity contribution in [3.8, 4) is 5.75 Å². The van der Waals surface area contributed by atoms with Crippen LogP contribution in [-0.2, 0) is 6.54 Å². The van der Waals surface area contributed by atoms with Gasteiger partial charge >= 0.3 is 0 Å². The van der Waals surface area contributed by atoms with Crippen LogP contribution in [0.1, 0.15) is 45.2 Å². The molecule has 3 heteroatoms. The minimum absolute atomic E-state index is 0.314. The lowest BCUT2D eigenvalue weighted by atomic mass is 9.76. The summed E-state index contributed by atoms with van der Waals surface area (Å²) in [6.45, 7) is 5.13. The van der Waals surface area contributed by atoms with Crippen LogP contribution in [0, 0.1) is 5.41 Å². The molecule has 3 rings (SSSR count). The summed E-state index contributed by atoms with van der Waals surface area (Å²) in [5.74, 6) is 0.936. The Morgan fingerprint density at radius 2 is 1.95 bits per heavy atom. The Morgan fingerprint density at radius 3 is 2.67 bits per heavy atom. The van der Waals surface area contributed by atoms with Gasteiger partial charge < -0.3 is 10.5 Å². The molecule has 1 aliphatic rings. The van der Waals surface area contributed by atoms with E-state index in [1.54, 1.807) is 0 Å². The van der Waals surface area contributed by atoms with Crippen molar-refractivity contribution in [3.63, 3.8) is 0 Å². The van der Waals surface area contributed by atoms with Crippen molar-refractivity contribution in [3.05, 3.63) is 36.0 Å². The van der Waals surface area contributed by atoms with Gasteiger partial charge in [0.15, 0.2) is 0 Å². The van der Waals surface area contributed by atoms with Gasteiger partial charge in [0.05, 0.1) is 17.3 Å². The summed E-state index contributed by atoms with van der Waals surface area (Å²) in [5.41, 5.74) is 8.07. The molecule has 0 unspecified atom stereocenters. The summed E-state index contributed by atoms with van der Waals surface area (Å²) in [6.07, 6.45) is 5.02. The topological polar surface area (TPSA) is 48.1 Å². The Kier molecular flexibility index (Phi) is 3.85. The number of rotatable bonds is 3. The summed E-state index contributed by atoms with van der Waals surface area (Å²) in [4.78, 5) is 4.57. The summed E-state index contributed by atoms with van der Waals surface area (Å²) in [7, 11) is 0. The molecule has 0 saturated heterocycles. The van der Waals surface area contributed by atoms with Gasteiger partial charge in [-0.25, -0.2) is 0 Å². The molecule has 1 fully saturated rings. The number of para-hydroxylation sites is 1. The summed E-state index contributed by atoms with van der Waals surface area (Å²) in [5, 5.41) is 1.08. The number of nitrogens with two attached hydrogens (primary N) is 1. The number of nitrogens with zero attached hydrogens (tertiary/aromatic N) is 1. The van der Waals surface area contributed by atoms with Crippen molar-refractivity contribution in [1.29, 1.82) is 0 Å². The molecular weight excluding hydrogens is 260 g/mol. The van der Waals surface area contributed by atoms with Crippen LogP contribution in [0.15, 0.2) is 30.3 Å². The predicted octanol–water partition coefficient (Wildman–Crippen LogP) is 4.04. The van der Waals surface area contributed by atoms with E-state index >= 15 is 0 Å². The fourth-order valence-corrected chi connectivity index (χ4v) is 3.07. The maximum absolute atomic E-state index is 6.31. The molecule has 3 nitrogen and oxygen atoms in total. The SMILES string of the molecule is CC1(C)CCC(Oc2cc(CN)nc3ccccc23)CC1. The molecule has 2 aromatic rings. The van der Waals surface area contributed by atoms with Gasteiger partial charge in [0.25, 0.3) is 0 Å². The number of ether oxygens (including phenoxy) is 1.